The minimum Gasteiger partial charge on any atom is -0.384 e. The Morgan fingerprint density at radius 2 is 2.24 bits per heavy atom. The van der Waals surface area contributed by atoms with Crippen molar-refractivity contribution in [2.75, 3.05) is 11.9 Å². The fourth-order valence-corrected chi connectivity index (χ4v) is 1.70. The highest BCUT2D eigenvalue weighted by Crippen LogP contribution is 2.16. The Kier molecular flexibility index (Phi) is 4.64. The van der Waals surface area contributed by atoms with E-state index in [0.29, 0.717) is 11.3 Å². The zero-order valence-corrected chi connectivity index (χ0v) is 11.4. The van der Waals surface area contributed by atoms with Crippen molar-refractivity contribution >= 4 is 11.6 Å². The van der Waals surface area contributed by atoms with Crippen LogP contribution in [0.15, 0.2) is 36.7 Å². The van der Waals surface area contributed by atoms with E-state index >= 15 is 0 Å². The van der Waals surface area contributed by atoms with E-state index in [1.165, 1.54) is 24.4 Å². The van der Waals surface area contributed by atoms with Gasteiger partial charge in [-0.25, -0.2) is 4.39 Å². The number of aromatic nitrogens is 1. The smallest absolute Gasteiger partial charge is 0.258 e. The van der Waals surface area contributed by atoms with Gasteiger partial charge >= 0.3 is 0 Å². The van der Waals surface area contributed by atoms with E-state index in [1.807, 2.05) is 6.92 Å². The van der Waals surface area contributed by atoms with Gasteiger partial charge in [0, 0.05) is 11.8 Å². The first-order chi connectivity index (χ1) is 10.1. The number of amides is 1. The number of hydrogen-bond acceptors (Lipinski definition) is 3. The number of carbonyl (C=O) groups is 1. The van der Waals surface area contributed by atoms with Crippen molar-refractivity contribution in [3.63, 3.8) is 0 Å². The van der Waals surface area contributed by atoms with Crippen molar-refractivity contribution in [2.45, 2.75) is 6.92 Å². The first-order valence-electron chi connectivity index (χ1n) is 6.23. The number of nitrogens with one attached hydrogen (secondary N) is 1. The van der Waals surface area contributed by atoms with E-state index in [2.05, 4.69) is 22.1 Å². The predicted octanol–water partition coefficient (Wildman–Crippen LogP) is 2.13. The highest BCUT2D eigenvalue weighted by Gasteiger charge is 2.13. The zero-order chi connectivity index (χ0) is 15.2. The monoisotopic (exact) mass is 284 g/mol. The van der Waals surface area contributed by atoms with Crippen LogP contribution in [0.1, 0.15) is 21.5 Å². The first-order valence-corrected chi connectivity index (χ1v) is 6.23. The second kappa shape index (κ2) is 6.64. The maximum Gasteiger partial charge on any atom is 0.258 e. The van der Waals surface area contributed by atoms with Gasteiger partial charge in [0.1, 0.15) is 12.4 Å². The van der Waals surface area contributed by atoms with Crippen LogP contribution in [0.5, 0.6) is 0 Å². The minimum atomic E-state index is -0.636. The molecule has 5 heteroatoms. The zero-order valence-electron chi connectivity index (χ0n) is 11.4. The molecule has 0 aliphatic rings. The van der Waals surface area contributed by atoms with Crippen LogP contribution >= 0.6 is 0 Å². The Morgan fingerprint density at radius 3 is 2.95 bits per heavy atom. The molecule has 1 aromatic carbocycles. The summed E-state index contributed by atoms with van der Waals surface area (Å²) in [5.41, 5.74) is 1.70. The van der Waals surface area contributed by atoms with Gasteiger partial charge in [0.15, 0.2) is 0 Å². The lowest BCUT2D eigenvalue weighted by atomic mass is 10.1. The van der Waals surface area contributed by atoms with Gasteiger partial charge in [-0.15, -0.1) is 0 Å². The quantitative estimate of drug-likeness (QED) is 0.830. The lowest BCUT2D eigenvalue weighted by molar-refractivity contribution is 0.102. The van der Waals surface area contributed by atoms with Crippen molar-refractivity contribution in [3.05, 3.63) is 59.2 Å². The van der Waals surface area contributed by atoms with Crippen molar-refractivity contribution in [1.29, 1.82) is 0 Å². The van der Waals surface area contributed by atoms with Gasteiger partial charge in [-0.05, 0) is 36.8 Å². The summed E-state index contributed by atoms with van der Waals surface area (Å²) in [5.74, 6) is 3.87. The van der Waals surface area contributed by atoms with E-state index in [9.17, 15) is 9.18 Å². The second-order valence-corrected chi connectivity index (χ2v) is 4.30. The summed E-state index contributed by atoms with van der Waals surface area (Å²) >= 11 is 0. The Balaban J connectivity index is 2.28. The molecule has 0 spiro atoms. The van der Waals surface area contributed by atoms with Crippen LogP contribution in [0.2, 0.25) is 0 Å². The van der Waals surface area contributed by atoms with Gasteiger partial charge in [-0.3, -0.25) is 9.78 Å². The largest absolute Gasteiger partial charge is 0.384 e. The topological polar surface area (TPSA) is 62.2 Å². The molecule has 0 aliphatic carbocycles. The van der Waals surface area contributed by atoms with Gasteiger partial charge in [0.05, 0.1) is 17.4 Å². The van der Waals surface area contributed by atoms with Crippen molar-refractivity contribution < 1.29 is 14.3 Å². The molecule has 4 nitrogen and oxygen atoms in total. The summed E-state index contributed by atoms with van der Waals surface area (Å²) in [6, 6.07) is 5.71. The molecule has 106 valence electrons. The van der Waals surface area contributed by atoms with E-state index in [0.717, 1.165) is 5.56 Å². The van der Waals surface area contributed by atoms with Gasteiger partial charge in [0.2, 0.25) is 0 Å². The molecule has 21 heavy (non-hydrogen) atoms. The second-order valence-electron chi connectivity index (χ2n) is 4.30. The van der Waals surface area contributed by atoms with Gasteiger partial charge < -0.3 is 10.4 Å². The van der Waals surface area contributed by atoms with Crippen molar-refractivity contribution in [1.82, 2.24) is 4.98 Å². The average Bonchev–Trinajstić information content (AvgIpc) is 2.48. The molecule has 0 aliphatic heterocycles. The van der Waals surface area contributed by atoms with Crippen molar-refractivity contribution in [3.8, 4) is 11.8 Å². The normalized spacial score (nSPS) is 9.67. The summed E-state index contributed by atoms with van der Waals surface area (Å²) in [4.78, 5) is 16.1. The predicted molar refractivity (Wildman–Crippen MR) is 77.3 cm³/mol. The maximum atomic E-state index is 13.8. The summed E-state index contributed by atoms with van der Waals surface area (Å²) in [7, 11) is 0. The van der Waals surface area contributed by atoms with Gasteiger partial charge in [-0.1, -0.05) is 11.8 Å². The molecule has 1 heterocycles. The molecule has 2 N–H and O–H groups in total. The maximum absolute atomic E-state index is 13.8. The molecular weight excluding hydrogens is 271 g/mol. The molecule has 0 unspecified atom stereocenters. The molecule has 0 fully saturated rings. The molecule has 0 atom stereocenters. The molecule has 0 saturated carbocycles. The highest BCUT2D eigenvalue weighted by molar-refractivity contribution is 6.04. The number of aryl methyl sites for hydroxylation is 1. The number of pyridine rings is 1. The fourth-order valence-electron chi connectivity index (χ4n) is 1.70. The minimum absolute atomic E-state index is 0.108. The number of nitrogens with zero attached hydrogens (tertiary/aromatic N) is 1. The number of aliphatic hydroxyl groups excluding tert-OH is 1. The fraction of sp³-hybridized carbons (Fsp3) is 0.125. The number of rotatable bonds is 2. The number of carbonyl (C=O) groups excluding carboxylic acids is 1. The standard InChI is InChI=1S/C16H13FN2O2/c1-11-6-7-18-10-15(11)19-16(21)13-9-12(3-2-8-20)4-5-14(13)17/h4-7,9-10,20H,8H2,1H3,(H,19,21). The van der Waals surface area contributed by atoms with Gasteiger partial charge in [-0.2, -0.15) is 0 Å². The Labute approximate surface area is 121 Å². The number of aliphatic hydroxyl groups is 1. The Hall–Kier alpha value is -2.71. The van der Waals surface area contributed by atoms with Crippen molar-refractivity contribution in [2.24, 2.45) is 0 Å². The third kappa shape index (κ3) is 3.65. The third-order valence-electron chi connectivity index (χ3n) is 2.81. The lowest BCUT2D eigenvalue weighted by Gasteiger charge is -2.08. The van der Waals surface area contributed by atoms with Crippen LogP contribution in [-0.4, -0.2) is 22.6 Å². The summed E-state index contributed by atoms with van der Waals surface area (Å²) in [6.45, 7) is 1.52. The number of hydrogen-bond donors (Lipinski definition) is 2. The third-order valence-corrected chi connectivity index (χ3v) is 2.81. The molecule has 0 radical (unpaired) electrons. The van der Waals surface area contributed by atoms with Crippen LogP contribution in [0.25, 0.3) is 0 Å². The average molecular weight is 284 g/mol. The van der Waals surface area contributed by atoms with Crippen LogP contribution < -0.4 is 5.32 Å². The van der Waals surface area contributed by atoms with Crippen LogP contribution in [0.4, 0.5) is 10.1 Å². The van der Waals surface area contributed by atoms with E-state index in [-0.39, 0.29) is 12.2 Å². The molecule has 1 amide bonds. The first kappa shape index (κ1) is 14.7. The van der Waals surface area contributed by atoms with Crippen LogP contribution in [-0.2, 0) is 0 Å². The van der Waals surface area contributed by atoms with Gasteiger partial charge in [0.25, 0.3) is 5.91 Å². The van der Waals surface area contributed by atoms with Crippen LogP contribution in [0.3, 0.4) is 0 Å². The summed E-state index contributed by atoms with van der Waals surface area (Å²) < 4.78 is 13.8. The van der Waals surface area contributed by atoms with E-state index in [4.69, 9.17) is 5.11 Å². The highest BCUT2D eigenvalue weighted by atomic mass is 19.1. The Bertz CT molecular complexity index is 733. The molecular formula is C16H13FN2O2. The summed E-state index contributed by atoms with van der Waals surface area (Å²) in [6.07, 6.45) is 3.11. The Morgan fingerprint density at radius 1 is 1.43 bits per heavy atom. The summed E-state index contributed by atoms with van der Waals surface area (Å²) in [5, 5.41) is 11.3. The molecule has 2 aromatic rings. The number of halogens is 1. The number of anilines is 1. The molecule has 0 bridgehead atoms. The molecule has 2 rings (SSSR count). The van der Waals surface area contributed by atoms with Crippen LogP contribution in [0, 0.1) is 24.6 Å². The molecule has 0 saturated heterocycles. The number of benzene rings is 1. The lowest BCUT2D eigenvalue weighted by Crippen LogP contribution is -2.15. The molecule has 1 aromatic heterocycles. The van der Waals surface area contributed by atoms with E-state index in [1.54, 1.807) is 12.3 Å². The van der Waals surface area contributed by atoms with E-state index < -0.39 is 11.7 Å². The SMILES string of the molecule is Cc1ccncc1NC(=O)c1cc(C#CCO)ccc1F.